The molecule has 0 aromatic heterocycles. The third-order valence-electron chi connectivity index (χ3n) is 4.02. The maximum absolute atomic E-state index is 11.1. The van der Waals surface area contributed by atoms with Crippen molar-refractivity contribution >= 4 is 5.97 Å². The molecular formula is C17H27NO5. The van der Waals surface area contributed by atoms with E-state index in [1.807, 2.05) is 19.1 Å². The first-order valence-corrected chi connectivity index (χ1v) is 7.68. The van der Waals surface area contributed by atoms with Gasteiger partial charge in [0.25, 0.3) is 0 Å². The molecule has 0 heterocycles. The molecular weight excluding hydrogens is 298 g/mol. The minimum atomic E-state index is -0.834. The molecule has 0 aliphatic carbocycles. The zero-order valence-electron chi connectivity index (χ0n) is 14.3. The fourth-order valence-corrected chi connectivity index (χ4v) is 2.62. The molecule has 1 aromatic carbocycles. The molecule has 0 saturated heterocycles. The van der Waals surface area contributed by atoms with Gasteiger partial charge in [-0.1, -0.05) is 6.92 Å². The highest BCUT2D eigenvalue weighted by atomic mass is 16.5. The average Bonchev–Trinajstić information content (AvgIpc) is 2.56. The van der Waals surface area contributed by atoms with Gasteiger partial charge in [0.1, 0.15) is 17.2 Å². The van der Waals surface area contributed by atoms with Crippen LogP contribution in [0.3, 0.4) is 0 Å². The summed E-state index contributed by atoms with van der Waals surface area (Å²) in [4.78, 5) is 11.1. The molecule has 6 heteroatoms. The Labute approximate surface area is 137 Å². The van der Waals surface area contributed by atoms with E-state index in [0.29, 0.717) is 23.7 Å². The van der Waals surface area contributed by atoms with Crippen molar-refractivity contribution < 1.29 is 24.1 Å². The average molecular weight is 325 g/mol. The molecule has 0 fully saturated rings. The van der Waals surface area contributed by atoms with Crippen LogP contribution in [0.4, 0.5) is 0 Å². The van der Waals surface area contributed by atoms with E-state index in [1.165, 1.54) is 0 Å². The molecule has 0 aliphatic heterocycles. The van der Waals surface area contributed by atoms with Gasteiger partial charge >= 0.3 is 5.97 Å². The highest BCUT2D eigenvalue weighted by Gasteiger charge is 2.20. The maximum Gasteiger partial charge on any atom is 0.307 e. The lowest BCUT2D eigenvalue weighted by atomic mass is 9.90. The van der Waals surface area contributed by atoms with Crippen LogP contribution in [0.2, 0.25) is 0 Å². The summed E-state index contributed by atoms with van der Waals surface area (Å²) in [7, 11) is 4.81. The van der Waals surface area contributed by atoms with Gasteiger partial charge in [0.15, 0.2) is 0 Å². The first kappa shape index (κ1) is 19.1. The molecule has 0 aliphatic rings. The van der Waals surface area contributed by atoms with Crippen molar-refractivity contribution in [3.63, 3.8) is 0 Å². The molecule has 0 saturated carbocycles. The molecule has 2 atom stereocenters. The van der Waals surface area contributed by atoms with Crippen molar-refractivity contribution in [2.75, 3.05) is 27.9 Å². The molecule has 0 radical (unpaired) electrons. The van der Waals surface area contributed by atoms with Crippen molar-refractivity contribution in [2.24, 2.45) is 17.6 Å². The van der Waals surface area contributed by atoms with Gasteiger partial charge in [0.2, 0.25) is 0 Å². The number of rotatable bonds is 10. The van der Waals surface area contributed by atoms with E-state index in [9.17, 15) is 4.79 Å². The third-order valence-corrected chi connectivity index (χ3v) is 4.02. The number of ether oxygens (including phenoxy) is 3. The quantitative estimate of drug-likeness (QED) is 0.686. The fraction of sp³-hybridized carbons (Fsp3) is 0.588. The lowest BCUT2D eigenvalue weighted by Gasteiger charge is -2.19. The van der Waals surface area contributed by atoms with Crippen LogP contribution in [-0.4, -0.2) is 38.9 Å². The summed E-state index contributed by atoms with van der Waals surface area (Å²) < 4.78 is 16.1. The zero-order chi connectivity index (χ0) is 17.4. The van der Waals surface area contributed by atoms with Crippen LogP contribution in [0.25, 0.3) is 0 Å². The van der Waals surface area contributed by atoms with Gasteiger partial charge in [0.05, 0.1) is 27.2 Å². The second-order valence-electron chi connectivity index (χ2n) is 5.66. The fourth-order valence-electron chi connectivity index (χ4n) is 2.62. The Bertz CT molecular complexity index is 493. The molecule has 1 rings (SSSR count). The van der Waals surface area contributed by atoms with Gasteiger partial charge in [-0.25, -0.2) is 0 Å². The lowest BCUT2D eigenvalue weighted by Crippen LogP contribution is -2.25. The molecule has 0 amide bonds. The van der Waals surface area contributed by atoms with E-state index >= 15 is 0 Å². The summed E-state index contributed by atoms with van der Waals surface area (Å²) in [5.41, 5.74) is 6.48. The minimum absolute atomic E-state index is 0.162. The Balaban J connectivity index is 2.82. The number of hydrogen-bond acceptors (Lipinski definition) is 5. The standard InChI is InChI=1S/C17H27NO5/c1-11(7-12(10-18)17(19)20)5-6-14-15(22-3)8-13(21-2)9-16(14)23-4/h8-9,11-12H,5-7,10,18H2,1-4H3,(H,19,20). The van der Waals surface area contributed by atoms with E-state index in [2.05, 4.69) is 0 Å². The minimum Gasteiger partial charge on any atom is -0.496 e. The van der Waals surface area contributed by atoms with Crippen molar-refractivity contribution in [1.29, 1.82) is 0 Å². The second-order valence-corrected chi connectivity index (χ2v) is 5.66. The largest absolute Gasteiger partial charge is 0.496 e. The summed E-state index contributed by atoms with van der Waals surface area (Å²) in [5.74, 6) is 0.994. The monoisotopic (exact) mass is 325 g/mol. The van der Waals surface area contributed by atoms with E-state index < -0.39 is 11.9 Å². The number of methoxy groups -OCH3 is 3. The van der Waals surface area contributed by atoms with Crippen molar-refractivity contribution in [1.82, 2.24) is 0 Å². The van der Waals surface area contributed by atoms with Gasteiger partial charge in [-0.3, -0.25) is 4.79 Å². The van der Waals surface area contributed by atoms with Crippen molar-refractivity contribution in [3.05, 3.63) is 17.7 Å². The van der Waals surface area contributed by atoms with E-state index in [-0.39, 0.29) is 12.5 Å². The lowest BCUT2D eigenvalue weighted by molar-refractivity contribution is -0.141. The van der Waals surface area contributed by atoms with Crippen LogP contribution < -0.4 is 19.9 Å². The smallest absolute Gasteiger partial charge is 0.307 e. The summed E-state index contributed by atoms with van der Waals surface area (Å²) in [5, 5.41) is 9.10. The molecule has 0 spiro atoms. The topological polar surface area (TPSA) is 91.0 Å². The zero-order valence-corrected chi connectivity index (χ0v) is 14.3. The molecule has 1 aromatic rings. The molecule has 130 valence electrons. The van der Waals surface area contributed by atoms with Crippen LogP contribution in [0.5, 0.6) is 17.2 Å². The van der Waals surface area contributed by atoms with Crippen LogP contribution >= 0.6 is 0 Å². The van der Waals surface area contributed by atoms with Crippen molar-refractivity contribution in [2.45, 2.75) is 26.2 Å². The number of carboxylic acid groups (broad SMARTS) is 1. The predicted molar refractivity (Wildman–Crippen MR) is 88.4 cm³/mol. The summed E-state index contributed by atoms with van der Waals surface area (Å²) in [6.45, 7) is 2.20. The van der Waals surface area contributed by atoms with Crippen LogP contribution in [0, 0.1) is 11.8 Å². The van der Waals surface area contributed by atoms with Crippen molar-refractivity contribution in [3.8, 4) is 17.2 Å². The highest BCUT2D eigenvalue weighted by molar-refractivity contribution is 5.70. The Morgan fingerprint density at radius 3 is 2.13 bits per heavy atom. The SMILES string of the molecule is COc1cc(OC)c(CCC(C)CC(CN)C(=O)O)c(OC)c1. The summed E-state index contributed by atoms with van der Waals surface area (Å²) >= 11 is 0. The Morgan fingerprint density at radius 1 is 1.17 bits per heavy atom. The van der Waals surface area contributed by atoms with E-state index in [4.69, 9.17) is 25.1 Å². The Hall–Kier alpha value is -1.95. The molecule has 23 heavy (non-hydrogen) atoms. The number of carbonyl (C=O) groups is 1. The van der Waals surface area contributed by atoms with Gasteiger partial charge < -0.3 is 25.1 Å². The van der Waals surface area contributed by atoms with Gasteiger partial charge in [-0.05, 0) is 25.2 Å². The first-order valence-electron chi connectivity index (χ1n) is 7.68. The normalized spacial score (nSPS) is 13.3. The van der Waals surface area contributed by atoms with Crippen LogP contribution in [0.1, 0.15) is 25.3 Å². The second kappa shape index (κ2) is 9.25. The number of hydrogen-bond donors (Lipinski definition) is 2. The van der Waals surface area contributed by atoms with Gasteiger partial charge in [0, 0.05) is 24.2 Å². The number of carboxylic acids is 1. The highest BCUT2D eigenvalue weighted by Crippen LogP contribution is 2.35. The Kier molecular flexibility index (Phi) is 7.68. The summed E-state index contributed by atoms with van der Waals surface area (Å²) in [6, 6.07) is 3.64. The first-order chi connectivity index (χ1) is 11.0. The molecule has 6 nitrogen and oxygen atoms in total. The molecule has 3 N–H and O–H groups in total. The third kappa shape index (κ3) is 5.32. The predicted octanol–water partition coefficient (Wildman–Crippen LogP) is 2.33. The molecule has 0 bridgehead atoms. The van der Waals surface area contributed by atoms with Gasteiger partial charge in [-0.15, -0.1) is 0 Å². The maximum atomic E-state index is 11.1. The molecule has 2 unspecified atom stereocenters. The van der Waals surface area contributed by atoms with E-state index in [1.54, 1.807) is 21.3 Å². The van der Waals surface area contributed by atoms with Crippen LogP contribution in [0.15, 0.2) is 12.1 Å². The number of benzene rings is 1. The van der Waals surface area contributed by atoms with Gasteiger partial charge in [-0.2, -0.15) is 0 Å². The van der Waals surface area contributed by atoms with Crippen LogP contribution in [-0.2, 0) is 11.2 Å². The number of nitrogens with two attached hydrogens (primary N) is 1. The van der Waals surface area contributed by atoms with E-state index in [0.717, 1.165) is 18.4 Å². The number of aliphatic carboxylic acids is 1. The summed E-state index contributed by atoms with van der Waals surface area (Å²) in [6.07, 6.45) is 2.11. The Morgan fingerprint density at radius 2 is 1.74 bits per heavy atom.